The molecule has 1 aliphatic heterocycles. The first-order valence-electron chi connectivity index (χ1n) is 6.14. The van der Waals surface area contributed by atoms with Gasteiger partial charge in [0.2, 0.25) is 0 Å². The maximum atomic E-state index is 11.6. The predicted octanol–water partition coefficient (Wildman–Crippen LogP) is 1.86. The number of methoxy groups -OCH3 is 1. The Balaban J connectivity index is 2.02. The van der Waals surface area contributed by atoms with Crippen LogP contribution < -0.4 is 4.74 Å². The number of rotatable bonds is 4. The van der Waals surface area contributed by atoms with Crippen molar-refractivity contribution >= 4 is 5.97 Å². The fraction of sp³-hybridized carbons (Fsp3) is 0.500. The topological polar surface area (TPSA) is 38.8 Å². The van der Waals surface area contributed by atoms with Gasteiger partial charge in [0.05, 0.1) is 12.7 Å². The third-order valence-corrected chi connectivity index (χ3v) is 3.50. The van der Waals surface area contributed by atoms with Crippen molar-refractivity contribution in [1.29, 1.82) is 0 Å². The van der Waals surface area contributed by atoms with Crippen molar-refractivity contribution in [3.63, 3.8) is 0 Å². The van der Waals surface area contributed by atoms with Gasteiger partial charge in [0.1, 0.15) is 12.4 Å². The number of esters is 1. The van der Waals surface area contributed by atoms with E-state index in [1.54, 1.807) is 6.07 Å². The number of carbonyl (C=O) groups excluding carboxylic acids is 1. The van der Waals surface area contributed by atoms with E-state index in [0.29, 0.717) is 18.2 Å². The Morgan fingerprint density at radius 2 is 2.28 bits per heavy atom. The molecule has 0 aromatic heterocycles. The molecule has 1 aromatic rings. The Morgan fingerprint density at radius 1 is 1.50 bits per heavy atom. The summed E-state index contributed by atoms with van der Waals surface area (Å²) in [5.74, 6) is 0.403. The zero-order chi connectivity index (χ0) is 13.1. The highest BCUT2D eigenvalue weighted by Crippen LogP contribution is 2.20. The minimum absolute atomic E-state index is 0.321. The first-order valence-corrected chi connectivity index (χ1v) is 6.14. The van der Waals surface area contributed by atoms with Crippen LogP contribution in [-0.4, -0.2) is 44.2 Å². The first-order chi connectivity index (χ1) is 8.61. The molecule has 0 amide bonds. The fourth-order valence-electron chi connectivity index (χ4n) is 1.99. The first kappa shape index (κ1) is 12.9. The van der Waals surface area contributed by atoms with Crippen LogP contribution in [-0.2, 0) is 4.74 Å². The van der Waals surface area contributed by atoms with Gasteiger partial charge < -0.3 is 9.47 Å². The maximum absolute atomic E-state index is 11.6. The van der Waals surface area contributed by atoms with E-state index in [0.717, 1.165) is 17.9 Å². The highest BCUT2D eigenvalue weighted by atomic mass is 16.5. The van der Waals surface area contributed by atoms with E-state index in [4.69, 9.17) is 9.47 Å². The number of benzene rings is 1. The van der Waals surface area contributed by atoms with Gasteiger partial charge in [-0.05, 0) is 44.6 Å². The number of likely N-dealkylation sites (tertiary alicyclic amines) is 1. The summed E-state index contributed by atoms with van der Waals surface area (Å²) in [4.78, 5) is 13.8. The van der Waals surface area contributed by atoms with Crippen LogP contribution in [0.5, 0.6) is 5.75 Å². The van der Waals surface area contributed by atoms with Crippen LogP contribution in [0.4, 0.5) is 0 Å². The second-order valence-electron chi connectivity index (χ2n) is 4.70. The van der Waals surface area contributed by atoms with Crippen molar-refractivity contribution in [3.8, 4) is 5.75 Å². The molecule has 1 fully saturated rings. The molecule has 1 heterocycles. The molecule has 0 saturated carbocycles. The Morgan fingerprint density at radius 3 is 2.83 bits per heavy atom. The standard InChI is InChI=1S/C14H19NO3/c1-10-4-5-12(8-13(10)14(16)17-3)18-9-11-6-7-15(11)2/h4-5,8,11H,6-7,9H2,1-3H3. The molecular weight excluding hydrogens is 230 g/mol. The van der Waals surface area contributed by atoms with Gasteiger partial charge in [0.15, 0.2) is 0 Å². The summed E-state index contributed by atoms with van der Waals surface area (Å²) >= 11 is 0. The van der Waals surface area contributed by atoms with Crippen molar-refractivity contribution in [3.05, 3.63) is 29.3 Å². The second-order valence-corrected chi connectivity index (χ2v) is 4.70. The van der Waals surface area contributed by atoms with Crippen LogP contribution >= 0.6 is 0 Å². The van der Waals surface area contributed by atoms with Gasteiger partial charge in [-0.2, -0.15) is 0 Å². The Kier molecular flexibility index (Phi) is 3.87. The second kappa shape index (κ2) is 5.40. The third kappa shape index (κ3) is 2.64. The summed E-state index contributed by atoms with van der Waals surface area (Å²) in [7, 11) is 3.48. The number of hydrogen-bond donors (Lipinski definition) is 0. The van der Waals surface area contributed by atoms with Crippen LogP contribution in [0.15, 0.2) is 18.2 Å². The maximum Gasteiger partial charge on any atom is 0.338 e. The summed E-state index contributed by atoms with van der Waals surface area (Å²) in [5.41, 5.74) is 1.46. The zero-order valence-corrected chi connectivity index (χ0v) is 11.1. The van der Waals surface area contributed by atoms with Gasteiger partial charge in [-0.15, -0.1) is 0 Å². The Hall–Kier alpha value is -1.55. The van der Waals surface area contributed by atoms with E-state index >= 15 is 0 Å². The average molecular weight is 249 g/mol. The molecule has 98 valence electrons. The third-order valence-electron chi connectivity index (χ3n) is 3.50. The minimum Gasteiger partial charge on any atom is -0.492 e. The van der Waals surface area contributed by atoms with Gasteiger partial charge >= 0.3 is 5.97 Å². The normalized spacial score (nSPS) is 19.2. The molecule has 1 aromatic carbocycles. The summed E-state index contributed by atoms with van der Waals surface area (Å²) in [6.07, 6.45) is 1.17. The molecular formula is C14H19NO3. The summed E-state index contributed by atoms with van der Waals surface area (Å²) in [5, 5.41) is 0. The summed E-state index contributed by atoms with van der Waals surface area (Å²) in [6, 6.07) is 6.01. The molecule has 0 radical (unpaired) electrons. The predicted molar refractivity (Wildman–Crippen MR) is 69.0 cm³/mol. The van der Waals surface area contributed by atoms with Crippen LogP contribution in [0.25, 0.3) is 0 Å². The highest BCUT2D eigenvalue weighted by Gasteiger charge is 2.24. The Labute approximate surface area is 107 Å². The molecule has 2 rings (SSSR count). The number of hydrogen-bond acceptors (Lipinski definition) is 4. The van der Waals surface area contributed by atoms with Crippen molar-refractivity contribution in [2.45, 2.75) is 19.4 Å². The number of carbonyl (C=O) groups is 1. The lowest BCUT2D eigenvalue weighted by molar-refractivity contribution is 0.0597. The quantitative estimate of drug-likeness (QED) is 0.764. The van der Waals surface area contributed by atoms with Gasteiger partial charge in [0.25, 0.3) is 0 Å². The zero-order valence-electron chi connectivity index (χ0n) is 11.1. The van der Waals surface area contributed by atoms with E-state index in [9.17, 15) is 4.79 Å². The molecule has 1 atom stereocenters. The molecule has 0 aliphatic carbocycles. The van der Waals surface area contributed by atoms with Gasteiger partial charge in [-0.1, -0.05) is 6.07 Å². The lowest BCUT2D eigenvalue weighted by atomic mass is 10.1. The minimum atomic E-state index is -0.321. The highest BCUT2D eigenvalue weighted by molar-refractivity contribution is 5.91. The summed E-state index contributed by atoms with van der Waals surface area (Å²) < 4.78 is 10.5. The molecule has 4 heteroatoms. The SMILES string of the molecule is COC(=O)c1cc(OCC2CCN2C)ccc1C. The molecule has 4 nitrogen and oxygen atoms in total. The van der Waals surface area contributed by atoms with Gasteiger partial charge in [0, 0.05) is 6.04 Å². The molecule has 1 unspecified atom stereocenters. The van der Waals surface area contributed by atoms with Gasteiger partial charge in [-0.25, -0.2) is 4.79 Å². The lowest BCUT2D eigenvalue weighted by Crippen LogP contribution is -2.48. The lowest BCUT2D eigenvalue weighted by Gasteiger charge is -2.37. The summed E-state index contributed by atoms with van der Waals surface area (Å²) in [6.45, 7) is 3.69. The average Bonchev–Trinajstić information content (AvgIpc) is 2.38. The smallest absolute Gasteiger partial charge is 0.338 e. The van der Waals surface area contributed by atoms with E-state index in [-0.39, 0.29) is 5.97 Å². The van der Waals surface area contributed by atoms with Crippen molar-refractivity contribution in [1.82, 2.24) is 4.90 Å². The number of likely N-dealkylation sites (N-methyl/N-ethyl adjacent to an activating group) is 1. The van der Waals surface area contributed by atoms with Crippen molar-refractivity contribution < 1.29 is 14.3 Å². The molecule has 1 aliphatic rings. The fourth-order valence-corrected chi connectivity index (χ4v) is 1.99. The number of ether oxygens (including phenoxy) is 2. The van der Waals surface area contributed by atoms with E-state index < -0.39 is 0 Å². The molecule has 0 bridgehead atoms. The van der Waals surface area contributed by atoms with Gasteiger partial charge in [-0.3, -0.25) is 4.90 Å². The number of nitrogens with zero attached hydrogens (tertiary/aromatic N) is 1. The Bertz CT molecular complexity index is 445. The molecule has 18 heavy (non-hydrogen) atoms. The van der Waals surface area contributed by atoms with E-state index in [2.05, 4.69) is 11.9 Å². The van der Waals surface area contributed by atoms with Crippen molar-refractivity contribution in [2.75, 3.05) is 27.3 Å². The monoisotopic (exact) mass is 249 g/mol. The largest absolute Gasteiger partial charge is 0.492 e. The molecule has 0 spiro atoms. The molecule has 0 N–H and O–H groups in total. The van der Waals surface area contributed by atoms with Crippen LogP contribution in [0.2, 0.25) is 0 Å². The van der Waals surface area contributed by atoms with E-state index in [1.165, 1.54) is 13.5 Å². The van der Waals surface area contributed by atoms with E-state index in [1.807, 2.05) is 19.1 Å². The van der Waals surface area contributed by atoms with Crippen LogP contribution in [0.3, 0.4) is 0 Å². The molecule has 1 saturated heterocycles. The van der Waals surface area contributed by atoms with Crippen LogP contribution in [0.1, 0.15) is 22.3 Å². The van der Waals surface area contributed by atoms with Crippen molar-refractivity contribution in [2.24, 2.45) is 0 Å². The van der Waals surface area contributed by atoms with Crippen LogP contribution in [0, 0.1) is 6.92 Å². The number of aryl methyl sites for hydroxylation is 1.